The van der Waals surface area contributed by atoms with E-state index in [1.807, 2.05) is 26.0 Å². The monoisotopic (exact) mass is 504 g/mol. The molecule has 1 aliphatic heterocycles. The molecule has 0 saturated carbocycles. The number of nitro groups is 1. The summed E-state index contributed by atoms with van der Waals surface area (Å²) >= 11 is 0.763. The number of rotatable bonds is 7. The fourth-order valence-electron chi connectivity index (χ4n) is 3.37. The molecule has 1 aromatic heterocycles. The van der Waals surface area contributed by atoms with Crippen molar-refractivity contribution in [3.8, 4) is 11.6 Å². The van der Waals surface area contributed by atoms with Crippen LogP contribution in [0.1, 0.15) is 16.7 Å². The lowest BCUT2D eigenvalue weighted by atomic mass is 10.1. The van der Waals surface area contributed by atoms with Crippen molar-refractivity contribution in [3.05, 3.63) is 92.5 Å². The van der Waals surface area contributed by atoms with E-state index < -0.39 is 22.0 Å². The van der Waals surface area contributed by atoms with Gasteiger partial charge in [-0.1, -0.05) is 29.8 Å². The number of ether oxygens (including phenoxy) is 1. The molecule has 2 heterocycles. The summed E-state index contributed by atoms with van der Waals surface area (Å²) in [5.41, 5.74) is 3.07. The molecule has 36 heavy (non-hydrogen) atoms. The van der Waals surface area contributed by atoms with Crippen LogP contribution in [0.25, 0.3) is 6.08 Å². The minimum absolute atomic E-state index is 0.144. The second kappa shape index (κ2) is 10.4. The standard InChI is InChI=1S/C25H20N4O6S/c1-15-3-9-20(16(2)11-15)27-22(30)14-28-24(31)21(36-25(28)32)12-17-4-7-19(8-5-17)35-23-10-6-18(13-26-23)29(33)34/h3-13H,14H2,1-2H3,(H,27,30)/b21-12-. The average molecular weight is 505 g/mol. The van der Waals surface area contributed by atoms with Crippen LogP contribution in [0.15, 0.2) is 65.7 Å². The van der Waals surface area contributed by atoms with E-state index in [1.165, 1.54) is 12.1 Å². The van der Waals surface area contributed by atoms with Crippen molar-refractivity contribution in [1.82, 2.24) is 9.88 Å². The van der Waals surface area contributed by atoms with Gasteiger partial charge >= 0.3 is 0 Å². The average Bonchev–Trinajstić information content (AvgIpc) is 3.09. The van der Waals surface area contributed by atoms with Crippen LogP contribution in [0.4, 0.5) is 16.2 Å². The molecule has 0 radical (unpaired) electrons. The summed E-state index contributed by atoms with van der Waals surface area (Å²) in [7, 11) is 0. The largest absolute Gasteiger partial charge is 0.439 e. The lowest BCUT2D eigenvalue weighted by molar-refractivity contribution is -0.385. The third kappa shape index (κ3) is 5.76. The van der Waals surface area contributed by atoms with E-state index in [9.17, 15) is 24.5 Å². The summed E-state index contributed by atoms with van der Waals surface area (Å²) in [5.74, 6) is -0.388. The van der Waals surface area contributed by atoms with Gasteiger partial charge in [-0.2, -0.15) is 0 Å². The highest BCUT2D eigenvalue weighted by Crippen LogP contribution is 2.32. The topological polar surface area (TPSA) is 132 Å². The molecule has 0 spiro atoms. The van der Waals surface area contributed by atoms with Gasteiger partial charge < -0.3 is 10.1 Å². The molecule has 3 amide bonds. The number of aryl methyl sites for hydroxylation is 2. The summed E-state index contributed by atoms with van der Waals surface area (Å²) in [6.45, 7) is 3.43. The van der Waals surface area contributed by atoms with Gasteiger partial charge in [0.15, 0.2) is 0 Å². The fourth-order valence-corrected chi connectivity index (χ4v) is 4.21. The van der Waals surface area contributed by atoms with Crippen molar-refractivity contribution >= 4 is 46.3 Å². The number of nitrogens with one attached hydrogen (secondary N) is 1. The number of carbonyl (C=O) groups is 3. The zero-order valence-corrected chi connectivity index (χ0v) is 20.1. The molecule has 1 aliphatic rings. The Morgan fingerprint density at radius 3 is 2.53 bits per heavy atom. The molecule has 0 unspecified atom stereocenters. The number of benzene rings is 2. The SMILES string of the molecule is Cc1ccc(NC(=O)CN2C(=O)S/C(=C\c3ccc(Oc4ccc([N+](=O)[O-])cn4)cc3)C2=O)c(C)c1. The Balaban J connectivity index is 1.39. The highest BCUT2D eigenvalue weighted by atomic mass is 32.2. The first-order valence-electron chi connectivity index (χ1n) is 10.7. The Bertz CT molecular complexity index is 1390. The van der Waals surface area contributed by atoms with E-state index in [4.69, 9.17) is 4.74 Å². The van der Waals surface area contributed by atoms with Gasteiger partial charge in [-0.05, 0) is 61.0 Å². The van der Waals surface area contributed by atoms with Gasteiger partial charge in [-0.25, -0.2) is 4.98 Å². The Kier molecular flexibility index (Phi) is 7.11. The maximum Gasteiger partial charge on any atom is 0.294 e. The third-order valence-corrected chi connectivity index (χ3v) is 6.07. The number of thioether (sulfide) groups is 1. The first-order valence-corrected chi connectivity index (χ1v) is 11.5. The summed E-state index contributed by atoms with van der Waals surface area (Å²) < 4.78 is 5.57. The van der Waals surface area contributed by atoms with Crippen LogP contribution in [0.5, 0.6) is 11.6 Å². The molecule has 1 N–H and O–H groups in total. The van der Waals surface area contributed by atoms with Crippen LogP contribution >= 0.6 is 11.8 Å². The number of anilines is 1. The number of pyridine rings is 1. The molecule has 11 heteroatoms. The smallest absolute Gasteiger partial charge is 0.294 e. The van der Waals surface area contributed by atoms with Crippen LogP contribution in [0.2, 0.25) is 0 Å². The quantitative estimate of drug-likeness (QED) is 0.268. The van der Waals surface area contributed by atoms with Crippen molar-refractivity contribution in [2.75, 3.05) is 11.9 Å². The number of imide groups is 1. The van der Waals surface area contributed by atoms with Crippen molar-refractivity contribution in [2.24, 2.45) is 0 Å². The van der Waals surface area contributed by atoms with Crippen LogP contribution in [0, 0.1) is 24.0 Å². The molecular formula is C25H20N4O6S. The maximum atomic E-state index is 12.8. The van der Waals surface area contributed by atoms with Crippen molar-refractivity contribution < 1.29 is 24.0 Å². The van der Waals surface area contributed by atoms with Gasteiger partial charge in [0.1, 0.15) is 18.5 Å². The van der Waals surface area contributed by atoms with Crippen LogP contribution in [0.3, 0.4) is 0 Å². The number of amides is 3. The van der Waals surface area contributed by atoms with E-state index in [0.29, 0.717) is 17.0 Å². The molecule has 10 nitrogen and oxygen atoms in total. The number of carbonyl (C=O) groups excluding carboxylic acids is 3. The second-order valence-electron chi connectivity index (χ2n) is 7.92. The number of aromatic nitrogens is 1. The second-order valence-corrected chi connectivity index (χ2v) is 8.91. The summed E-state index contributed by atoms with van der Waals surface area (Å²) in [6.07, 6.45) is 2.66. The highest BCUT2D eigenvalue weighted by Gasteiger charge is 2.36. The lowest BCUT2D eigenvalue weighted by Crippen LogP contribution is -2.36. The normalized spacial score (nSPS) is 14.3. The highest BCUT2D eigenvalue weighted by molar-refractivity contribution is 8.18. The Morgan fingerprint density at radius 1 is 1.14 bits per heavy atom. The van der Waals surface area contributed by atoms with E-state index in [2.05, 4.69) is 10.3 Å². The van der Waals surface area contributed by atoms with Crippen molar-refractivity contribution in [1.29, 1.82) is 0 Å². The molecule has 1 fully saturated rings. The van der Waals surface area contributed by atoms with Gasteiger partial charge in [0, 0.05) is 17.8 Å². The number of nitrogens with zero attached hydrogens (tertiary/aromatic N) is 3. The van der Waals surface area contributed by atoms with Gasteiger partial charge in [0.25, 0.3) is 16.8 Å². The minimum Gasteiger partial charge on any atom is -0.439 e. The summed E-state index contributed by atoms with van der Waals surface area (Å²) in [5, 5.41) is 12.9. The zero-order chi connectivity index (χ0) is 25.8. The third-order valence-electron chi connectivity index (χ3n) is 5.16. The van der Waals surface area contributed by atoms with E-state index in [0.717, 1.165) is 34.0 Å². The first kappa shape index (κ1) is 24.6. The van der Waals surface area contributed by atoms with Crippen LogP contribution in [-0.4, -0.2) is 38.4 Å². The van der Waals surface area contributed by atoms with Crippen molar-refractivity contribution in [3.63, 3.8) is 0 Å². The molecule has 3 aromatic rings. The predicted molar refractivity (Wildman–Crippen MR) is 135 cm³/mol. The Labute approximate surface area is 210 Å². The van der Waals surface area contributed by atoms with Gasteiger partial charge in [-0.3, -0.25) is 29.4 Å². The van der Waals surface area contributed by atoms with E-state index in [1.54, 1.807) is 36.4 Å². The molecule has 0 bridgehead atoms. The molecular weight excluding hydrogens is 484 g/mol. The predicted octanol–water partition coefficient (Wildman–Crippen LogP) is 5.07. The summed E-state index contributed by atoms with van der Waals surface area (Å²) in [4.78, 5) is 52.8. The van der Waals surface area contributed by atoms with Crippen LogP contribution in [-0.2, 0) is 9.59 Å². The van der Waals surface area contributed by atoms with Gasteiger partial charge in [0.05, 0.1) is 9.83 Å². The molecule has 0 atom stereocenters. The molecule has 182 valence electrons. The number of hydrogen-bond donors (Lipinski definition) is 1. The molecule has 0 aliphatic carbocycles. The van der Waals surface area contributed by atoms with E-state index >= 15 is 0 Å². The zero-order valence-electron chi connectivity index (χ0n) is 19.3. The lowest BCUT2D eigenvalue weighted by Gasteiger charge is -2.14. The fraction of sp³-hybridized carbons (Fsp3) is 0.120. The Hall–Kier alpha value is -4.51. The van der Waals surface area contributed by atoms with Crippen molar-refractivity contribution in [2.45, 2.75) is 13.8 Å². The minimum atomic E-state index is -0.551. The number of hydrogen-bond acceptors (Lipinski definition) is 8. The molecule has 2 aromatic carbocycles. The molecule has 1 saturated heterocycles. The van der Waals surface area contributed by atoms with Crippen LogP contribution < -0.4 is 10.1 Å². The van der Waals surface area contributed by atoms with Gasteiger partial charge in [-0.15, -0.1) is 0 Å². The van der Waals surface area contributed by atoms with E-state index in [-0.39, 0.29) is 23.0 Å². The van der Waals surface area contributed by atoms with Gasteiger partial charge in [0.2, 0.25) is 11.8 Å². The maximum absolute atomic E-state index is 12.8. The summed E-state index contributed by atoms with van der Waals surface area (Å²) in [6, 6.07) is 14.9. The molecule has 4 rings (SSSR count). The first-order chi connectivity index (χ1) is 17.2. The Morgan fingerprint density at radius 2 is 1.89 bits per heavy atom.